The number of alkyl halides is 1. The van der Waals surface area contributed by atoms with E-state index in [4.69, 9.17) is 9.47 Å². The minimum atomic E-state index is -1.24. The average molecular weight is 681 g/mol. The molecule has 1 spiro atoms. The molecule has 1 unspecified atom stereocenters. The maximum Gasteiger partial charge on any atom is 0.312 e. The van der Waals surface area contributed by atoms with Gasteiger partial charge in [-0.2, -0.15) is 0 Å². The minimum Gasteiger partial charge on any atom is -0.460 e. The Hall–Kier alpha value is -2.24. The molecule has 0 aromatic carbocycles. The zero-order chi connectivity index (χ0) is 32.2. The minimum absolute atomic E-state index is 0.0273. The van der Waals surface area contributed by atoms with Gasteiger partial charge in [-0.15, -0.1) is 13.2 Å². The van der Waals surface area contributed by atoms with Crippen LogP contribution in [0.2, 0.25) is 0 Å². The first kappa shape index (κ1) is 34.6. The number of hydrogen-bond acceptors (Lipinski definition) is 7. The fourth-order valence-electron chi connectivity index (χ4n) is 7.79. The van der Waals surface area contributed by atoms with Crippen molar-refractivity contribution >= 4 is 39.6 Å². The molecule has 0 aromatic heterocycles. The van der Waals surface area contributed by atoms with Gasteiger partial charge in [-0.25, -0.2) is 0 Å². The van der Waals surface area contributed by atoms with Crippen LogP contribution in [0.3, 0.4) is 0 Å². The van der Waals surface area contributed by atoms with Gasteiger partial charge in [-0.3, -0.25) is 19.2 Å². The van der Waals surface area contributed by atoms with E-state index in [-0.39, 0.29) is 47.7 Å². The summed E-state index contributed by atoms with van der Waals surface area (Å²) in [6.45, 7) is 13.4. The number of allylic oxidation sites excluding steroid dienone is 1. The molecule has 3 amide bonds. The quantitative estimate of drug-likeness (QED) is 0.154. The molecule has 10 nitrogen and oxygen atoms in total. The molecule has 4 rings (SSSR count). The SMILES string of the molecule is C=CCCC(=O)NC[C@@H](C)OC(=O)[C@H]1[C@@H]2O[C@@]3(CC2Br)[C@@H]1C(=O)N([C@@H](CO)[C@@H](C)CC)[C@@H]3C(=O)N(CC=C)C1CCCCC1. The van der Waals surface area contributed by atoms with Crippen molar-refractivity contribution in [1.82, 2.24) is 15.1 Å². The second-order valence-electron chi connectivity index (χ2n) is 13.0. The molecular formula is C33H50BrN3O7. The monoisotopic (exact) mass is 679 g/mol. The van der Waals surface area contributed by atoms with Crippen molar-refractivity contribution in [1.29, 1.82) is 0 Å². The molecule has 3 heterocycles. The third-order valence-electron chi connectivity index (χ3n) is 10.2. The lowest BCUT2D eigenvalue weighted by Crippen LogP contribution is -2.61. The zero-order valence-electron chi connectivity index (χ0n) is 26.4. The third-order valence-corrected chi connectivity index (χ3v) is 11.0. The molecule has 1 aliphatic carbocycles. The van der Waals surface area contributed by atoms with Crippen molar-refractivity contribution in [2.75, 3.05) is 19.7 Å². The molecule has 9 atom stereocenters. The molecule has 4 aliphatic rings. The van der Waals surface area contributed by atoms with Gasteiger partial charge < -0.3 is 29.7 Å². The number of esters is 1. The van der Waals surface area contributed by atoms with Gasteiger partial charge in [0.05, 0.1) is 37.1 Å². The van der Waals surface area contributed by atoms with Gasteiger partial charge in [0.1, 0.15) is 17.7 Å². The summed E-state index contributed by atoms with van der Waals surface area (Å²) >= 11 is 3.71. The highest BCUT2D eigenvalue weighted by Crippen LogP contribution is 2.61. The summed E-state index contributed by atoms with van der Waals surface area (Å²) in [6, 6.07) is -1.58. The van der Waals surface area contributed by atoms with Crippen LogP contribution in [0, 0.1) is 17.8 Å². The summed E-state index contributed by atoms with van der Waals surface area (Å²) in [5.41, 5.74) is -1.24. The van der Waals surface area contributed by atoms with Crippen LogP contribution in [0.5, 0.6) is 0 Å². The molecule has 4 fully saturated rings. The average Bonchev–Trinajstić information content (AvgIpc) is 3.61. The highest BCUT2D eigenvalue weighted by atomic mass is 79.9. The number of aliphatic hydroxyl groups excluding tert-OH is 1. The smallest absolute Gasteiger partial charge is 0.312 e. The first-order chi connectivity index (χ1) is 21.1. The number of halogens is 1. The second-order valence-corrected chi connectivity index (χ2v) is 14.2. The van der Waals surface area contributed by atoms with Crippen LogP contribution in [0.25, 0.3) is 0 Å². The molecule has 1 saturated carbocycles. The fourth-order valence-corrected chi connectivity index (χ4v) is 8.74. The summed E-state index contributed by atoms with van der Waals surface area (Å²) in [7, 11) is 0. The number of fused-ring (bicyclic) bond motifs is 1. The van der Waals surface area contributed by atoms with Crippen LogP contribution in [-0.4, -0.2) is 99.1 Å². The number of carbonyl (C=O) groups excluding carboxylic acids is 4. The molecular weight excluding hydrogens is 630 g/mol. The number of likely N-dealkylation sites (tertiary alicyclic amines) is 1. The Kier molecular flexibility index (Phi) is 11.7. The zero-order valence-corrected chi connectivity index (χ0v) is 28.0. The van der Waals surface area contributed by atoms with Crippen LogP contribution in [-0.2, 0) is 28.7 Å². The van der Waals surface area contributed by atoms with E-state index >= 15 is 0 Å². The Balaban J connectivity index is 1.67. The van der Waals surface area contributed by atoms with Gasteiger partial charge in [0, 0.05) is 23.8 Å². The van der Waals surface area contributed by atoms with Gasteiger partial charge in [0.25, 0.3) is 0 Å². The summed E-state index contributed by atoms with van der Waals surface area (Å²) in [5, 5.41) is 13.4. The number of aliphatic hydroxyl groups is 1. The van der Waals surface area contributed by atoms with Gasteiger partial charge in [0.15, 0.2) is 0 Å². The Morgan fingerprint density at radius 1 is 1.23 bits per heavy atom. The topological polar surface area (TPSA) is 125 Å². The molecule has 2 bridgehead atoms. The van der Waals surface area contributed by atoms with E-state index in [9.17, 15) is 24.3 Å². The van der Waals surface area contributed by atoms with Crippen molar-refractivity contribution < 1.29 is 33.8 Å². The highest BCUT2D eigenvalue weighted by Gasteiger charge is 2.77. The summed E-state index contributed by atoms with van der Waals surface area (Å²) in [4.78, 5) is 58.3. The summed E-state index contributed by atoms with van der Waals surface area (Å²) in [6.07, 6.45) is 8.97. The summed E-state index contributed by atoms with van der Waals surface area (Å²) < 4.78 is 12.5. The Bertz CT molecular complexity index is 1100. The Morgan fingerprint density at radius 3 is 2.55 bits per heavy atom. The maximum absolute atomic E-state index is 14.8. The number of nitrogens with one attached hydrogen (secondary N) is 1. The van der Waals surface area contributed by atoms with E-state index in [1.165, 1.54) is 0 Å². The molecule has 44 heavy (non-hydrogen) atoms. The number of hydrogen-bond donors (Lipinski definition) is 2. The molecule has 246 valence electrons. The number of amides is 3. The molecule has 11 heteroatoms. The molecule has 3 aliphatic heterocycles. The lowest BCUT2D eigenvalue weighted by molar-refractivity contribution is -0.160. The lowest BCUT2D eigenvalue weighted by Gasteiger charge is -2.43. The lowest BCUT2D eigenvalue weighted by atomic mass is 9.70. The van der Waals surface area contributed by atoms with Crippen molar-refractivity contribution in [3.8, 4) is 0 Å². The van der Waals surface area contributed by atoms with Crippen LogP contribution in [0.4, 0.5) is 0 Å². The molecule has 0 aromatic rings. The van der Waals surface area contributed by atoms with E-state index < -0.39 is 47.7 Å². The van der Waals surface area contributed by atoms with E-state index in [1.54, 1.807) is 24.0 Å². The summed E-state index contributed by atoms with van der Waals surface area (Å²) in [5.74, 6) is -3.26. The van der Waals surface area contributed by atoms with Crippen molar-refractivity contribution in [2.45, 2.75) is 119 Å². The van der Waals surface area contributed by atoms with Crippen LogP contribution >= 0.6 is 15.9 Å². The van der Waals surface area contributed by atoms with Gasteiger partial charge >= 0.3 is 5.97 Å². The highest BCUT2D eigenvalue weighted by molar-refractivity contribution is 9.09. The van der Waals surface area contributed by atoms with Crippen LogP contribution < -0.4 is 5.32 Å². The first-order valence-corrected chi connectivity index (χ1v) is 17.2. The maximum atomic E-state index is 14.8. The van der Waals surface area contributed by atoms with Crippen molar-refractivity contribution in [3.63, 3.8) is 0 Å². The Morgan fingerprint density at radius 2 is 1.93 bits per heavy atom. The van der Waals surface area contributed by atoms with E-state index in [0.29, 0.717) is 32.2 Å². The van der Waals surface area contributed by atoms with Gasteiger partial charge in [-0.1, -0.05) is 67.6 Å². The van der Waals surface area contributed by atoms with Gasteiger partial charge in [-0.05, 0) is 38.5 Å². The van der Waals surface area contributed by atoms with Crippen molar-refractivity contribution in [2.24, 2.45) is 17.8 Å². The molecule has 0 radical (unpaired) electrons. The standard InChI is InChI=1S/C33H50BrN3O7/c1-6-9-15-25(39)35-18-21(5)43-32(42)26-27-30(40)37(24(19-38)20(4)8-3)29(33(27)17-23(34)28(26)44-33)31(41)36(16-7-2)22-13-11-10-12-14-22/h6-7,20-24,26-29,38H,1-2,8-19H2,3-5H3,(H,35,39)/t20-,21+,23?,24-,26+,27-,28+,29+,33-/m0/s1. The number of rotatable bonds is 15. The molecule has 2 N–H and O–H groups in total. The predicted octanol–water partition coefficient (Wildman–Crippen LogP) is 3.50. The third kappa shape index (κ3) is 6.51. The number of ether oxygens (including phenoxy) is 2. The van der Waals surface area contributed by atoms with E-state index in [0.717, 1.165) is 32.1 Å². The second kappa shape index (κ2) is 14.9. The number of nitrogens with zero attached hydrogens (tertiary/aromatic N) is 2. The largest absolute Gasteiger partial charge is 0.460 e. The first-order valence-electron chi connectivity index (χ1n) is 16.3. The Labute approximate surface area is 270 Å². The van der Waals surface area contributed by atoms with Crippen molar-refractivity contribution in [3.05, 3.63) is 25.3 Å². The van der Waals surface area contributed by atoms with E-state index in [1.807, 2.05) is 18.7 Å². The molecule has 3 saturated heterocycles. The fraction of sp³-hybridized carbons (Fsp3) is 0.758. The van der Waals surface area contributed by atoms with Crippen LogP contribution in [0.15, 0.2) is 25.3 Å². The predicted molar refractivity (Wildman–Crippen MR) is 170 cm³/mol. The van der Waals surface area contributed by atoms with E-state index in [2.05, 4.69) is 34.4 Å². The van der Waals surface area contributed by atoms with Crippen LogP contribution in [0.1, 0.15) is 78.6 Å². The number of carbonyl (C=O) groups is 4. The van der Waals surface area contributed by atoms with Gasteiger partial charge in [0.2, 0.25) is 17.7 Å². The normalized spacial score (nSPS) is 31.6.